The molecule has 23 heavy (non-hydrogen) atoms. The van der Waals surface area contributed by atoms with E-state index in [1.54, 1.807) is 0 Å². The summed E-state index contributed by atoms with van der Waals surface area (Å²) in [5.74, 6) is 0. The number of hydrogen-bond donors (Lipinski definition) is 2. The van der Waals surface area contributed by atoms with Crippen LogP contribution >= 0.6 is 0 Å². The largest absolute Gasteiger partial charge is 0.377 e. The highest BCUT2D eigenvalue weighted by molar-refractivity contribution is 6.13. The lowest BCUT2D eigenvalue weighted by Gasteiger charge is -2.38. The Balaban J connectivity index is 2.69. The van der Waals surface area contributed by atoms with Gasteiger partial charge in [-0.15, -0.1) is 0 Å². The first-order valence-corrected chi connectivity index (χ1v) is 8.20. The minimum Gasteiger partial charge on any atom is -0.377 e. The first-order chi connectivity index (χ1) is 10.3. The van der Waals surface area contributed by atoms with E-state index in [0.29, 0.717) is 5.71 Å². The second kappa shape index (κ2) is 5.45. The zero-order valence-corrected chi connectivity index (χ0v) is 15.4. The maximum absolute atomic E-state index is 11.4. The van der Waals surface area contributed by atoms with E-state index in [1.165, 1.54) is 5.56 Å². The molecule has 2 heteroatoms. The maximum Gasteiger partial charge on any atom is 0.128 e. The highest BCUT2D eigenvalue weighted by Gasteiger charge is 2.38. The van der Waals surface area contributed by atoms with Crippen LogP contribution in [0.1, 0.15) is 52.7 Å². The molecule has 0 aromatic heterocycles. The molecule has 2 nitrogen and oxygen atoms in total. The predicted molar refractivity (Wildman–Crippen MR) is 97.9 cm³/mol. The Morgan fingerprint density at radius 2 is 1.22 bits per heavy atom. The number of aryl methyl sites for hydroxylation is 1. The minimum atomic E-state index is -1.16. The fourth-order valence-corrected chi connectivity index (χ4v) is 2.94. The van der Waals surface area contributed by atoms with Crippen LogP contribution in [0.25, 0.3) is 0 Å². The summed E-state index contributed by atoms with van der Waals surface area (Å²) in [4.78, 5) is 0. The minimum absolute atomic E-state index is 0.194. The highest BCUT2D eigenvalue weighted by Crippen LogP contribution is 2.43. The van der Waals surface area contributed by atoms with Crippen molar-refractivity contribution in [1.82, 2.24) is 0 Å². The van der Waals surface area contributed by atoms with Gasteiger partial charge in [-0.25, -0.2) is 0 Å². The van der Waals surface area contributed by atoms with Gasteiger partial charge in [-0.1, -0.05) is 71.4 Å². The van der Waals surface area contributed by atoms with Crippen molar-refractivity contribution in [3.05, 3.63) is 58.7 Å². The van der Waals surface area contributed by atoms with Gasteiger partial charge in [0.25, 0.3) is 0 Å². The van der Waals surface area contributed by atoms with Crippen molar-refractivity contribution in [1.29, 1.82) is 5.41 Å². The molecule has 0 radical (unpaired) electrons. The van der Waals surface area contributed by atoms with Crippen LogP contribution in [-0.2, 0) is 5.60 Å². The Morgan fingerprint density at radius 3 is 1.57 bits per heavy atom. The molecule has 2 rings (SSSR count). The molecule has 0 heterocycles. The summed E-state index contributed by atoms with van der Waals surface area (Å²) in [6, 6.07) is 7.97. The molecule has 1 aromatic rings. The summed E-state index contributed by atoms with van der Waals surface area (Å²) in [6.07, 6.45) is 3.71. The molecular formula is C21H29NO. The van der Waals surface area contributed by atoms with Gasteiger partial charge in [-0.3, -0.25) is 0 Å². The summed E-state index contributed by atoms with van der Waals surface area (Å²) in [5, 5.41) is 20.0. The summed E-state index contributed by atoms with van der Waals surface area (Å²) < 4.78 is 0. The molecule has 1 aliphatic carbocycles. The molecule has 0 spiro atoms. The molecular weight excluding hydrogens is 282 g/mol. The van der Waals surface area contributed by atoms with E-state index in [2.05, 4.69) is 41.5 Å². The third-order valence-electron chi connectivity index (χ3n) is 4.40. The SMILES string of the molecule is Cc1ccc(C2(O)C=C(C(C)(C)C)C(=N)C(C(C)(C)C)=C2)cc1. The van der Waals surface area contributed by atoms with Crippen molar-refractivity contribution < 1.29 is 5.11 Å². The molecule has 0 atom stereocenters. The summed E-state index contributed by atoms with van der Waals surface area (Å²) in [7, 11) is 0. The number of allylic oxidation sites excluding steroid dienone is 2. The third-order valence-corrected chi connectivity index (χ3v) is 4.40. The van der Waals surface area contributed by atoms with Crippen LogP contribution in [0, 0.1) is 23.2 Å². The molecule has 0 fully saturated rings. The summed E-state index contributed by atoms with van der Waals surface area (Å²) in [6.45, 7) is 14.6. The zero-order valence-electron chi connectivity index (χ0n) is 15.4. The van der Waals surface area contributed by atoms with E-state index in [1.807, 2.05) is 43.3 Å². The van der Waals surface area contributed by atoms with Crippen LogP contribution < -0.4 is 0 Å². The smallest absolute Gasteiger partial charge is 0.128 e. The molecule has 0 unspecified atom stereocenters. The van der Waals surface area contributed by atoms with Gasteiger partial charge >= 0.3 is 0 Å². The molecule has 0 bridgehead atoms. The fraction of sp³-hybridized carbons (Fsp3) is 0.476. The number of nitrogens with one attached hydrogen (secondary N) is 1. The van der Waals surface area contributed by atoms with Crippen LogP contribution in [-0.4, -0.2) is 10.8 Å². The average molecular weight is 311 g/mol. The van der Waals surface area contributed by atoms with Gasteiger partial charge in [0.15, 0.2) is 0 Å². The highest BCUT2D eigenvalue weighted by atomic mass is 16.3. The van der Waals surface area contributed by atoms with Crippen molar-refractivity contribution >= 4 is 5.71 Å². The number of aliphatic hydroxyl groups is 1. The molecule has 0 saturated carbocycles. The van der Waals surface area contributed by atoms with Crippen molar-refractivity contribution in [2.75, 3.05) is 0 Å². The lowest BCUT2D eigenvalue weighted by Crippen LogP contribution is -2.35. The topological polar surface area (TPSA) is 44.1 Å². The Morgan fingerprint density at radius 1 is 0.826 bits per heavy atom. The van der Waals surface area contributed by atoms with Crippen molar-refractivity contribution in [3.63, 3.8) is 0 Å². The van der Waals surface area contributed by atoms with E-state index < -0.39 is 5.60 Å². The summed E-state index contributed by atoms with van der Waals surface area (Å²) >= 11 is 0. The Hall–Kier alpha value is -1.67. The van der Waals surface area contributed by atoms with Crippen LogP contribution in [0.4, 0.5) is 0 Å². The first kappa shape index (κ1) is 17.7. The van der Waals surface area contributed by atoms with Crippen molar-refractivity contribution in [2.24, 2.45) is 10.8 Å². The molecule has 0 aliphatic heterocycles. The number of hydrogen-bond acceptors (Lipinski definition) is 2. The normalized spacial score (nSPS) is 22.7. The van der Waals surface area contributed by atoms with E-state index in [4.69, 9.17) is 5.41 Å². The van der Waals surface area contributed by atoms with Crippen molar-refractivity contribution in [3.8, 4) is 0 Å². The molecule has 0 amide bonds. The van der Waals surface area contributed by atoms with Gasteiger partial charge < -0.3 is 10.5 Å². The van der Waals surface area contributed by atoms with E-state index in [0.717, 1.165) is 16.7 Å². The van der Waals surface area contributed by atoms with Crippen LogP contribution in [0.5, 0.6) is 0 Å². The fourth-order valence-electron chi connectivity index (χ4n) is 2.94. The second-order valence-electron chi connectivity index (χ2n) is 8.68. The molecule has 1 aliphatic rings. The van der Waals surface area contributed by atoms with Gasteiger partial charge in [-0.05, 0) is 46.6 Å². The van der Waals surface area contributed by atoms with E-state index >= 15 is 0 Å². The second-order valence-corrected chi connectivity index (χ2v) is 8.68. The Labute approximate surface area is 140 Å². The van der Waals surface area contributed by atoms with Crippen molar-refractivity contribution in [2.45, 2.75) is 54.1 Å². The molecule has 1 aromatic carbocycles. The number of benzene rings is 1. The zero-order chi connectivity index (χ0) is 17.6. The van der Waals surface area contributed by atoms with E-state index in [9.17, 15) is 5.11 Å². The third kappa shape index (κ3) is 3.48. The molecule has 2 N–H and O–H groups in total. The van der Waals surface area contributed by atoms with Crippen LogP contribution in [0.3, 0.4) is 0 Å². The standard InChI is InChI=1S/C21H29NO/c1-14-8-10-15(11-9-14)21(23)12-16(19(2,3)4)18(22)17(13-21)20(5,6)7/h8-13,22-23H,1-7H3. The Kier molecular flexibility index (Phi) is 4.19. The quantitative estimate of drug-likeness (QED) is 0.739. The molecule has 124 valence electrons. The first-order valence-electron chi connectivity index (χ1n) is 8.20. The van der Waals surface area contributed by atoms with Crippen LogP contribution in [0.2, 0.25) is 0 Å². The van der Waals surface area contributed by atoms with Gasteiger partial charge in [0.2, 0.25) is 0 Å². The van der Waals surface area contributed by atoms with Gasteiger partial charge in [-0.2, -0.15) is 0 Å². The van der Waals surface area contributed by atoms with Gasteiger partial charge in [0.05, 0.1) is 5.71 Å². The number of rotatable bonds is 1. The van der Waals surface area contributed by atoms with Gasteiger partial charge in [0.1, 0.15) is 5.60 Å². The maximum atomic E-state index is 11.4. The van der Waals surface area contributed by atoms with Gasteiger partial charge in [0, 0.05) is 0 Å². The average Bonchev–Trinajstić information content (AvgIpc) is 2.39. The Bertz CT molecular complexity index is 642. The van der Waals surface area contributed by atoms with Crippen LogP contribution in [0.15, 0.2) is 47.6 Å². The lowest BCUT2D eigenvalue weighted by molar-refractivity contribution is 0.138. The predicted octanol–water partition coefficient (Wildman–Crippen LogP) is 5.16. The molecule has 0 saturated heterocycles. The lowest BCUT2D eigenvalue weighted by atomic mass is 9.68. The summed E-state index contributed by atoms with van der Waals surface area (Å²) in [5.41, 5.74) is 2.80. The van der Waals surface area contributed by atoms with E-state index in [-0.39, 0.29) is 10.8 Å². The monoisotopic (exact) mass is 311 g/mol.